The molecule has 1 fully saturated rings. The lowest BCUT2D eigenvalue weighted by Gasteiger charge is -2.46. The number of hydrogen-bond acceptors (Lipinski definition) is 4. The summed E-state index contributed by atoms with van der Waals surface area (Å²) in [5.74, 6) is -0.976. The Morgan fingerprint density at radius 2 is 0.905 bits per heavy atom. The third-order valence-corrected chi connectivity index (χ3v) is 8.24. The van der Waals surface area contributed by atoms with Crippen LogP contribution in [-0.2, 0) is 27.2 Å². The summed E-state index contributed by atoms with van der Waals surface area (Å²) >= 11 is 0. The van der Waals surface area contributed by atoms with Gasteiger partial charge < -0.3 is 14.6 Å². The second kappa shape index (κ2) is 11.7. The third kappa shape index (κ3) is 5.19. The molecule has 0 radical (unpaired) electrons. The summed E-state index contributed by atoms with van der Waals surface area (Å²) in [6.07, 6.45) is -1.44. The quantitative estimate of drug-likeness (QED) is 0.202. The molecule has 1 saturated heterocycles. The number of ether oxygens (including phenoxy) is 2. The number of hydrogen-bond donors (Lipinski definition) is 2. The minimum Gasteiger partial charge on any atom is -0.378 e. The fourth-order valence-electron chi connectivity index (χ4n) is 6.30. The molecule has 2 N–H and O–H groups in total. The Kier molecular flexibility index (Phi) is 7.80. The molecule has 0 saturated carbocycles. The summed E-state index contributed by atoms with van der Waals surface area (Å²) < 4.78 is 13.8. The average molecular weight is 556 g/mol. The Hall–Kier alpha value is -4.06. The van der Waals surface area contributed by atoms with E-state index in [-0.39, 0.29) is 0 Å². The van der Waals surface area contributed by atoms with Crippen LogP contribution in [-0.4, -0.2) is 23.1 Å². The van der Waals surface area contributed by atoms with E-state index in [0.29, 0.717) is 6.54 Å². The van der Waals surface area contributed by atoms with Crippen LogP contribution in [0.15, 0.2) is 152 Å². The molecule has 1 aliphatic rings. The Morgan fingerprint density at radius 3 is 1.33 bits per heavy atom. The van der Waals surface area contributed by atoms with Crippen LogP contribution in [0.25, 0.3) is 0 Å². The molecule has 0 spiro atoms. The van der Waals surface area contributed by atoms with E-state index in [9.17, 15) is 5.11 Å². The SMILES string of the molecule is CC1(C)O[C@H](C(O)(c2ccccc2)c2ccccc2)[C@@H](C(NCc2ccccc2)(c2ccccc2)c2ccccc2)O1. The zero-order valence-corrected chi connectivity index (χ0v) is 24.1. The summed E-state index contributed by atoms with van der Waals surface area (Å²) in [5, 5.41) is 17.0. The molecule has 4 nitrogen and oxygen atoms in total. The van der Waals surface area contributed by atoms with Gasteiger partial charge in [-0.25, -0.2) is 0 Å². The van der Waals surface area contributed by atoms with Crippen molar-refractivity contribution in [1.29, 1.82) is 0 Å². The second-order valence-corrected chi connectivity index (χ2v) is 11.4. The van der Waals surface area contributed by atoms with Gasteiger partial charge in [0.05, 0.1) is 5.54 Å². The summed E-state index contributed by atoms with van der Waals surface area (Å²) in [5.41, 5.74) is 2.25. The van der Waals surface area contributed by atoms with Crippen LogP contribution < -0.4 is 5.32 Å². The highest BCUT2D eigenvalue weighted by Gasteiger charge is 2.61. The van der Waals surface area contributed by atoms with Crippen molar-refractivity contribution in [3.05, 3.63) is 179 Å². The van der Waals surface area contributed by atoms with Gasteiger partial charge in [0.25, 0.3) is 0 Å². The van der Waals surface area contributed by atoms with Crippen LogP contribution in [0, 0.1) is 0 Å². The normalized spacial score (nSPS) is 18.5. The van der Waals surface area contributed by atoms with E-state index in [1.165, 1.54) is 0 Å². The van der Waals surface area contributed by atoms with Crippen LogP contribution >= 0.6 is 0 Å². The lowest BCUT2D eigenvalue weighted by molar-refractivity contribution is -0.167. The van der Waals surface area contributed by atoms with Gasteiger partial charge >= 0.3 is 0 Å². The van der Waals surface area contributed by atoms with Crippen molar-refractivity contribution in [3.8, 4) is 0 Å². The van der Waals surface area contributed by atoms with Crippen molar-refractivity contribution in [1.82, 2.24) is 5.32 Å². The van der Waals surface area contributed by atoms with Crippen molar-refractivity contribution >= 4 is 0 Å². The van der Waals surface area contributed by atoms with Crippen LogP contribution in [0.3, 0.4) is 0 Å². The maximum absolute atomic E-state index is 13.1. The lowest BCUT2D eigenvalue weighted by Crippen LogP contribution is -2.60. The highest BCUT2D eigenvalue weighted by Crippen LogP contribution is 2.50. The average Bonchev–Trinajstić information content (AvgIpc) is 3.39. The van der Waals surface area contributed by atoms with E-state index in [2.05, 4.69) is 41.7 Å². The van der Waals surface area contributed by atoms with Gasteiger partial charge in [0, 0.05) is 6.54 Å². The van der Waals surface area contributed by atoms with Gasteiger partial charge in [0.1, 0.15) is 17.8 Å². The maximum Gasteiger partial charge on any atom is 0.164 e. The van der Waals surface area contributed by atoms with E-state index in [1.807, 2.05) is 129 Å². The Morgan fingerprint density at radius 1 is 0.548 bits per heavy atom. The molecule has 212 valence electrons. The third-order valence-electron chi connectivity index (χ3n) is 8.24. The van der Waals surface area contributed by atoms with Crippen LogP contribution in [0.2, 0.25) is 0 Å². The fourth-order valence-corrected chi connectivity index (χ4v) is 6.30. The zero-order chi connectivity index (χ0) is 29.0. The predicted octanol–water partition coefficient (Wildman–Crippen LogP) is 7.18. The highest BCUT2D eigenvalue weighted by molar-refractivity contribution is 5.45. The Labute approximate surface area is 248 Å². The first-order chi connectivity index (χ1) is 20.4. The molecular formula is C38H37NO3. The number of aliphatic hydroxyl groups is 1. The zero-order valence-electron chi connectivity index (χ0n) is 24.1. The van der Waals surface area contributed by atoms with Gasteiger partial charge in [-0.15, -0.1) is 0 Å². The van der Waals surface area contributed by atoms with Crippen LogP contribution in [0.4, 0.5) is 0 Å². The molecular weight excluding hydrogens is 518 g/mol. The Balaban J connectivity index is 1.61. The van der Waals surface area contributed by atoms with Crippen molar-refractivity contribution in [3.63, 3.8) is 0 Å². The molecule has 0 unspecified atom stereocenters. The van der Waals surface area contributed by atoms with E-state index in [0.717, 1.165) is 27.8 Å². The van der Waals surface area contributed by atoms with Gasteiger partial charge in [-0.2, -0.15) is 0 Å². The smallest absolute Gasteiger partial charge is 0.164 e. The first-order valence-corrected chi connectivity index (χ1v) is 14.5. The first kappa shape index (κ1) is 28.1. The molecule has 0 aliphatic carbocycles. The molecule has 4 heteroatoms. The number of nitrogens with one attached hydrogen (secondary N) is 1. The Bertz CT molecular complexity index is 1480. The van der Waals surface area contributed by atoms with Gasteiger partial charge in [0.2, 0.25) is 0 Å². The van der Waals surface area contributed by atoms with Gasteiger partial charge in [0.15, 0.2) is 5.79 Å². The topological polar surface area (TPSA) is 50.7 Å². The minimum atomic E-state index is -1.52. The number of benzene rings is 5. The van der Waals surface area contributed by atoms with E-state index < -0.39 is 29.1 Å². The summed E-state index contributed by atoms with van der Waals surface area (Å²) in [6, 6.07) is 50.7. The van der Waals surface area contributed by atoms with Gasteiger partial charge in [-0.05, 0) is 41.7 Å². The lowest BCUT2D eigenvalue weighted by atomic mass is 9.70. The van der Waals surface area contributed by atoms with Crippen molar-refractivity contribution in [2.75, 3.05) is 0 Å². The maximum atomic E-state index is 13.1. The number of rotatable bonds is 9. The summed E-state index contributed by atoms with van der Waals surface area (Å²) in [6.45, 7) is 4.43. The predicted molar refractivity (Wildman–Crippen MR) is 167 cm³/mol. The van der Waals surface area contributed by atoms with Crippen molar-refractivity contribution in [2.24, 2.45) is 0 Å². The molecule has 5 aromatic carbocycles. The minimum absolute atomic E-state index is 0.576. The molecule has 42 heavy (non-hydrogen) atoms. The molecule has 0 bridgehead atoms. The second-order valence-electron chi connectivity index (χ2n) is 11.4. The molecule has 2 atom stereocenters. The van der Waals surface area contributed by atoms with Gasteiger partial charge in [-0.1, -0.05) is 152 Å². The summed E-state index contributed by atoms with van der Waals surface area (Å²) in [7, 11) is 0. The summed E-state index contributed by atoms with van der Waals surface area (Å²) in [4.78, 5) is 0. The largest absolute Gasteiger partial charge is 0.378 e. The van der Waals surface area contributed by atoms with Crippen molar-refractivity contribution in [2.45, 2.75) is 49.5 Å². The standard InChI is InChI=1S/C38H37NO3/c1-36(2)41-34(35(42-36)38(40,32-24-14-6-15-25-32)33-26-16-7-17-27-33)37(30-20-10-4-11-21-30,31-22-12-5-13-23-31)39-28-29-18-8-3-9-19-29/h3-27,34-35,39-40H,28H2,1-2H3/t34-,35-/m0/s1. The highest BCUT2D eigenvalue weighted by atomic mass is 16.8. The monoisotopic (exact) mass is 555 g/mol. The molecule has 6 rings (SSSR count). The molecule has 0 aromatic heterocycles. The van der Waals surface area contributed by atoms with Gasteiger partial charge in [-0.3, -0.25) is 5.32 Å². The fraction of sp³-hybridized carbons (Fsp3) is 0.211. The van der Waals surface area contributed by atoms with E-state index >= 15 is 0 Å². The molecule has 0 amide bonds. The molecule has 5 aromatic rings. The van der Waals surface area contributed by atoms with Crippen LogP contribution in [0.5, 0.6) is 0 Å². The van der Waals surface area contributed by atoms with E-state index in [1.54, 1.807) is 0 Å². The van der Waals surface area contributed by atoms with Crippen LogP contribution in [0.1, 0.15) is 41.7 Å². The first-order valence-electron chi connectivity index (χ1n) is 14.5. The molecule has 1 heterocycles. The van der Waals surface area contributed by atoms with E-state index in [4.69, 9.17) is 9.47 Å². The van der Waals surface area contributed by atoms with Crippen molar-refractivity contribution < 1.29 is 14.6 Å². The molecule has 1 aliphatic heterocycles.